The number of aromatic hydroxyl groups is 1. The molecule has 1 aromatic heterocycles. The first kappa shape index (κ1) is 29.5. The lowest BCUT2D eigenvalue weighted by molar-refractivity contribution is -0.114. The molecule has 8 nitrogen and oxygen atoms in total. The molecule has 4 heterocycles. The number of carbonyl (C=O) groups is 2. The lowest BCUT2D eigenvalue weighted by Gasteiger charge is -2.45. The maximum absolute atomic E-state index is 13.7. The molecule has 8 heteroatoms. The van der Waals surface area contributed by atoms with Crippen LogP contribution in [-0.4, -0.2) is 68.0 Å². The molecule has 2 N–H and O–H groups in total. The predicted octanol–water partition coefficient (Wildman–Crippen LogP) is 6.44. The molecule has 0 spiro atoms. The van der Waals surface area contributed by atoms with Crippen LogP contribution in [0.1, 0.15) is 79.7 Å². The number of carbonyl (C=O) groups excluding carboxylic acids is 2. The molecule has 2 amide bonds. The van der Waals surface area contributed by atoms with Gasteiger partial charge in [-0.25, -0.2) is 4.98 Å². The van der Waals surface area contributed by atoms with Crippen molar-refractivity contribution in [1.82, 2.24) is 19.4 Å². The third-order valence-electron chi connectivity index (χ3n) is 10.8. The van der Waals surface area contributed by atoms with Crippen molar-refractivity contribution in [1.29, 1.82) is 0 Å². The number of anilines is 1. The smallest absolute Gasteiger partial charge is 0.259 e. The van der Waals surface area contributed by atoms with Gasteiger partial charge in [0.1, 0.15) is 17.1 Å². The monoisotopic (exact) mass is 605 g/mol. The molecule has 3 atom stereocenters. The van der Waals surface area contributed by atoms with E-state index in [1.54, 1.807) is 12.1 Å². The van der Waals surface area contributed by atoms with E-state index in [-0.39, 0.29) is 28.5 Å². The van der Waals surface area contributed by atoms with Crippen LogP contribution >= 0.6 is 0 Å². The van der Waals surface area contributed by atoms with Crippen LogP contribution in [0.5, 0.6) is 5.75 Å². The first-order chi connectivity index (χ1) is 21.8. The minimum atomic E-state index is -0.275. The number of aryl methyl sites for hydroxylation is 1. The summed E-state index contributed by atoms with van der Waals surface area (Å²) in [6, 6.07) is 25.8. The van der Waals surface area contributed by atoms with Crippen LogP contribution in [-0.2, 0) is 10.2 Å². The molecule has 234 valence electrons. The van der Waals surface area contributed by atoms with Gasteiger partial charge in [0.2, 0.25) is 5.91 Å². The standard InChI is InChI=1S/C37H43N5O3/c1-25-38-31-11-6-7-13-33(31)42(25)30-23-28-15-16-29(24-30)41(28)22-19-37(27-9-4-3-5-10-27)17-20-40(21-18-37)36(45)35-32(39-26(2)43)12-8-14-34(35)44/h3-14,28-30,44H,15-24H2,1-2H3,(H,39,43)/t28-,29+,30?. The van der Waals surface area contributed by atoms with Gasteiger partial charge in [-0.3, -0.25) is 14.5 Å². The molecule has 45 heavy (non-hydrogen) atoms. The Hall–Kier alpha value is -4.17. The summed E-state index contributed by atoms with van der Waals surface area (Å²) >= 11 is 0. The minimum absolute atomic E-state index is 0.0232. The highest BCUT2D eigenvalue weighted by Crippen LogP contribution is 2.45. The Morgan fingerprint density at radius 2 is 1.60 bits per heavy atom. The molecular weight excluding hydrogens is 562 g/mol. The van der Waals surface area contributed by atoms with Gasteiger partial charge < -0.3 is 19.9 Å². The van der Waals surface area contributed by atoms with E-state index in [9.17, 15) is 14.7 Å². The Bertz CT molecular complexity index is 1690. The van der Waals surface area contributed by atoms with Crippen molar-refractivity contribution in [2.45, 2.75) is 82.3 Å². The maximum atomic E-state index is 13.7. The number of piperidine rings is 2. The van der Waals surface area contributed by atoms with Gasteiger partial charge in [0, 0.05) is 38.1 Å². The van der Waals surface area contributed by atoms with E-state index < -0.39 is 0 Å². The summed E-state index contributed by atoms with van der Waals surface area (Å²) < 4.78 is 2.50. The third-order valence-corrected chi connectivity index (χ3v) is 10.8. The van der Waals surface area contributed by atoms with Crippen molar-refractivity contribution in [2.75, 3.05) is 25.0 Å². The normalized spacial score (nSPS) is 22.9. The molecular formula is C37H43N5O3. The molecule has 3 aliphatic rings. The molecule has 2 bridgehead atoms. The molecule has 3 fully saturated rings. The number of fused-ring (bicyclic) bond motifs is 3. The maximum Gasteiger partial charge on any atom is 0.259 e. The summed E-state index contributed by atoms with van der Waals surface area (Å²) in [5, 5.41) is 13.3. The molecule has 3 aliphatic heterocycles. The molecule has 7 rings (SSSR count). The summed E-state index contributed by atoms with van der Waals surface area (Å²) in [5.41, 5.74) is 4.19. The number of likely N-dealkylation sites (tertiary alicyclic amines) is 1. The quantitative estimate of drug-likeness (QED) is 0.253. The predicted molar refractivity (Wildman–Crippen MR) is 177 cm³/mol. The van der Waals surface area contributed by atoms with E-state index in [1.165, 1.54) is 36.9 Å². The topological polar surface area (TPSA) is 90.7 Å². The van der Waals surface area contributed by atoms with Gasteiger partial charge in [-0.05, 0) is 93.7 Å². The number of aromatic nitrogens is 2. The number of phenols is 1. The molecule has 3 aromatic carbocycles. The number of rotatable bonds is 7. The highest BCUT2D eigenvalue weighted by molar-refractivity contribution is 6.05. The van der Waals surface area contributed by atoms with Crippen molar-refractivity contribution in [2.24, 2.45) is 0 Å². The number of amides is 2. The number of imidazole rings is 1. The zero-order chi connectivity index (χ0) is 31.1. The van der Waals surface area contributed by atoms with Gasteiger partial charge in [-0.1, -0.05) is 48.5 Å². The van der Waals surface area contributed by atoms with Crippen molar-refractivity contribution in [3.8, 4) is 5.75 Å². The van der Waals surface area contributed by atoms with Crippen LogP contribution < -0.4 is 5.32 Å². The molecule has 4 aromatic rings. The Morgan fingerprint density at radius 1 is 0.911 bits per heavy atom. The largest absolute Gasteiger partial charge is 0.507 e. The third kappa shape index (κ3) is 5.50. The number of phenolic OH excluding ortho intramolecular Hbond substituents is 1. The minimum Gasteiger partial charge on any atom is -0.507 e. The van der Waals surface area contributed by atoms with E-state index in [0.717, 1.165) is 50.0 Å². The second kappa shape index (κ2) is 12.0. The lowest BCUT2D eigenvalue weighted by atomic mass is 9.70. The average molecular weight is 606 g/mol. The Labute approximate surface area is 265 Å². The second-order valence-corrected chi connectivity index (χ2v) is 13.3. The van der Waals surface area contributed by atoms with Gasteiger partial charge in [0.25, 0.3) is 5.91 Å². The van der Waals surface area contributed by atoms with E-state index in [4.69, 9.17) is 4.98 Å². The van der Waals surface area contributed by atoms with Crippen LogP contribution in [0.2, 0.25) is 0 Å². The molecule has 0 radical (unpaired) electrons. The van der Waals surface area contributed by atoms with Crippen molar-refractivity contribution < 1.29 is 14.7 Å². The summed E-state index contributed by atoms with van der Waals surface area (Å²) in [4.78, 5) is 35.0. The van der Waals surface area contributed by atoms with Gasteiger partial charge in [0.15, 0.2) is 0 Å². The van der Waals surface area contributed by atoms with Crippen LogP contribution in [0.25, 0.3) is 11.0 Å². The number of para-hydroxylation sites is 2. The number of nitrogens with zero attached hydrogens (tertiary/aromatic N) is 4. The van der Waals surface area contributed by atoms with E-state index in [1.807, 2.05) is 4.90 Å². The summed E-state index contributed by atoms with van der Waals surface area (Å²) in [6.07, 6.45) is 7.60. The summed E-state index contributed by atoms with van der Waals surface area (Å²) in [5.74, 6) is 0.499. The first-order valence-corrected chi connectivity index (χ1v) is 16.5. The molecule has 3 saturated heterocycles. The molecule has 0 aliphatic carbocycles. The van der Waals surface area contributed by atoms with Gasteiger partial charge in [-0.15, -0.1) is 0 Å². The van der Waals surface area contributed by atoms with Crippen molar-refractivity contribution in [3.63, 3.8) is 0 Å². The van der Waals surface area contributed by atoms with Crippen LogP contribution in [0, 0.1) is 6.92 Å². The van der Waals surface area contributed by atoms with Crippen LogP contribution in [0.4, 0.5) is 5.69 Å². The SMILES string of the molecule is CC(=O)Nc1cccc(O)c1C(=O)N1CCC(CCN2[C@@H]3CC[C@H]2CC(n2c(C)nc4ccccc42)C3)(c2ccccc2)CC1. The Kier molecular flexibility index (Phi) is 7.86. The van der Waals surface area contributed by atoms with Crippen LogP contribution in [0.3, 0.4) is 0 Å². The van der Waals surface area contributed by atoms with E-state index >= 15 is 0 Å². The van der Waals surface area contributed by atoms with Crippen molar-refractivity contribution in [3.05, 3.63) is 89.7 Å². The molecule has 0 saturated carbocycles. The Morgan fingerprint density at radius 3 is 2.31 bits per heavy atom. The lowest BCUT2D eigenvalue weighted by Crippen LogP contribution is -2.49. The van der Waals surface area contributed by atoms with Crippen LogP contribution in [0.15, 0.2) is 72.8 Å². The number of nitrogens with one attached hydrogen (secondary N) is 1. The fourth-order valence-corrected chi connectivity index (χ4v) is 8.62. The van der Waals surface area contributed by atoms with E-state index in [2.05, 4.69) is 76.3 Å². The van der Waals surface area contributed by atoms with Crippen molar-refractivity contribution >= 4 is 28.5 Å². The molecule has 1 unspecified atom stereocenters. The first-order valence-electron chi connectivity index (χ1n) is 16.5. The fraction of sp³-hybridized carbons (Fsp3) is 0.432. The number of hydrogen-bond donors (Lipinski definition) is 2. The second-order valence-electron chi connectivity index (χ2n) is 13.3. The fourth-order valence-electron chi connectivity index (χ4n) is 8.62. The van der Waals surface area contributed by atoms with E-state index in [0.29, 0.717) is 36.9 Å². The highest BCUT2D eigenvalue weighted by atomic mass is 16.3. The zero-order valence-electron chi connectivity index (χ0n) is 26.3. The zero-order valence-corrected chi connectivity index (χ0v) is 26.3. The number of hydrogen-bond acceptors (Lipinski definition) is 5. The highest BCUT2D eigenvalue weighted by Gasteiger charge is 2.44. The van der Waals surface area contributed by atoms with Gasteiger partial charge in [-0.2, -0.15) is 0 Å². The number of benzene rings is 3. The summed E-state index contributed by atoms with van der Waals surface area (Å²) in [6.45, 7) is 5.81. The average Bonchev–Trinajstić information content (AvgIpc) is 3.50. The Balaban J connectivity index is 1.07. The van der Waals surface area contributed by atoms with Gasteiger partial charge in [0.05, 0.1) is 16.7 Å². The summed E-state index contributed by atoms with van der Waals surface area (Å²) in [7, 11) is 0. The van der Waals surface area contributed by atoms with Gasteiger partial charge >= 0.3 is 0 Å².